The van der Waals surface area contributed by atoms with Crippen LogP contribution < -0.4 is 5.73 Å². The van der Waals surface area contributed by atoms with E-state index in [1.54, 1.807) is 31.2 Å². The van der Waals surface area contributed by atoms with Gasteiger partial charge in [0, 0.05) is 0 Å². The Morgan fingerprint density at radius 1 is 1.47 bits per heavy atom. The standard InChI is InChI=1S/C11H15NO3/c1-2-15-11(14)9(12)10(13)8-6-4-3-5-7-8/h3-7,9-10,13H,2,12H2,1H3/t9-,10?/m0/s1. The summed E-state index contributed by atoms with van der Waals surface area (Å²) in [6.07, 6.45) is -1.02. The van der Waals surface area contributed by atoms with Gasteiger partial charge in [0.1, 0.15) is 12.1 Å². The van der Waals surface area contributed by atoms with Crippen LogP contribution in [0.15, 0.2) is 30.3 Å². The van der Waals surface area contributed by atoms with Crippen LogP contribution in [0.1, 0.15) is 18.6 Å². The Morgan fingerprint density at radius 2 is 2.07 bits per heavy atom. The average molecular weight is 209 g/mol. The molecule has 4 nitrogen and oxygen atoms in total. The maximum Gasteiger partial charge on any atom is 0.325 e. The van der Waals surface area contributed by atoms with Crippen LogP contribution >= 0.6 is 0 Å². The first-order chi connectivity index (χ1) is 7.16. The summed E-state index contributed by atoms with van der Waals surface area (Å²) in [7, 11) is 0. The fourth-order valence-electron chi connectivity index (χ4n) is 1.22. The molecule has 0 aliphatic carbocycles. The van der Waals surface area contributed by atoms with Crippen molar-refractivity contribution in [3.8, 4) is 0 Å². The normalized spacial score (nSPS) is 14.3. The molecule has 4 heteroatoms. The van der Waals surface area contributed by atoms with E-state index in [9.17, 15) is 9.90 Å². The predicted octanol–water partition coefficient (Wildman–Crippen LogP) is 0.610. The highest BCUT2D eigenvalue weighted by Crippen LogP contribution is 2.15. The summed E-state index contributed by atoms with van der Waals surface area (Å²) < 4.78 is 4.72. The minimum absolute atomic E-state index is 0.258. The van der Waals surface area contributed by atoms with Crippen LogP contribution in [0.2, 0.25) is 0 Å². The summed E-state index contributed by atoms with van der Waals surface area (Å²) in [5.74, 6) is -0.589. The van der Waals surface area contributed by atoms with E-state index in [0.717, 1.165) is 0 Å². The molecule has 2 atom stereocenters. The van der Waals surface area contributed by atoms with Crippen molar-refractivity contribution < 1.29 is 14.6 Å². The number of esters is 1. The molecular weight excluding hydrogens is 194 g/mol. The van der Waals surface area contributed by atoms with Crippen molar-refractivity contribution in [3.63, 3.8) is 0 Å². The molecule has 15 heavy (non-hydrogen) atoms. The topological polar surface area (TPSA) is 72.5 Å². The molecule has 1 aromatic carbocycles. The second-order valence-corrected chi connectivity index (χ2v) is 3.13. The molecule has 82 valence electrons. The first kappa shape index (κ1) is 11.7. The van der Waals surface area contributed by atoms with E-state index >= 15 is 0 Å². The number of benzene rings is 1. The zero-order valence-corrected chi connectivity index (χ0v) is 8.59. The lowest BCUT2D eigenvalue weighted by atomic mass is 10.0. The number of ether oxygens (including phenoxy) is 1. The number of nitrogens with two attached hydrogens (primary N) is 1. The largest absolute Gasteiger partial charge is 0.465 e. The fourth-order valence-corrected chi connectivity index (χ4v) is 1.22. The van der Waals surface area contributed by atoms with Crippen molar-refractivity contribution in [1.82, 2.24) is 0 Å². The van der Waals surface area contributed by atoms with Crippen LogP contribution in [-0.4, -0.2) is 23.7 Å². The maximum atomic E-state index is 11.3. The molecule has 1 aromatic rings. The molecule has 0 fully saturated rings. The van der Waals surface area contributed by atoms with E-state index in [1.807, 2.05) is 6.07 Å². The predicted molar refractivity (Wildman–Crippen MR) is 56.0 cm³/mol. The second-order valence-electron chi connectivity index (χ2n) is 3.13. The Balaban J connectivity index is 2.68. The van der Waals surface area contributed by atoms with Gasteiger partial charge in [-0.3, -0.25) is 4.79 Å². The molecule has 1 rings (SSSR count). The van der Waals surface area contributed by atoms with E-state index in [1.165, 1.54) is 0 Å². The van der Waals surface area contributed by atoms with Gasteiger partial charge >= 0.3 is 5.97 Å². The van der Waals surface area contributed by atoms with Gasteiger partial charge in [-0.15, -0.1) is 0 Å². The molecule has 0 aromatic heterocycles. The van der Waals surface area contributed by atoms with Crippen LogP contribution in [0.4, 0.5) is 0 Å². The molecule has 0 radical (unpaired) electrons. The first-order valence-corrected chi connectivity index (χ1v) is 4.82. The van der Waals surface area contributed by atoms with Crippen LogP contribution in [0, 0.1) is 0 Å². The number of hydrogen-bond donors (Lipinski definition) is 2. The van der Waals surface area contributed by atoms with Gasteiger partial charge in [-0.1, -0.05) is 30.3 Å². The lowest BCUT2D eigenvalue weighted by Crippen LogP contribution is -2.38. The quantitative estimate of drug-likeness (QED) is 0.713. The molecule has 0 amide bonds. The van der Waals surface area contributed by atoms with Gasteiger partial charge in [-0.05, 0) is 12.5 Å². The van der Waals surface area contributed by atoms with Gasteiger partial charge in [0.25, 0.3) is 0 Å². The van der Waals surface area contributed by atoms with Gasteiger partial charge in [-0.2, -0.15) is 0 Å². The maximum absolute atomic E-state index is 11.3. The Morgan fingerprint density at radius 3 is 2.60 bits per heavy atom. The SMILES string of the molecule is CCOC(=O)[C@@H](N)C(O)c1ccccc1. The Bertz CT molecular complexity index is 313. The minimum Gasteiger partial charge on any atom is -0.465 e. The molecular formula is C11H15NO3. The van der Waals surface area contributed by atoms with Gasteiger partial charge in [0.15, 0.2) is 0 Å². The van der Waals surface area contributed by atoms with Crippen molar-refractivity contribution in [2.45, 2.75) is 19.1 Å². The van der Waals surface area contributed by atoms with Gasteiger partial charge in [0.2, 0.25) is 0 Å². The lowest BCUT2D eigenvalue weighted by molar-refractivity contribution is -0.147. The van der Waals surface area contributed by atoms with Crippen LogP contribution in [0.25, 0.3) is 0 Å². The molecule has 1 unspecified atom stereocenters. The average Bonchev–Trinajstić information content (AvgIpc) is 2.28. The lowest BCUT2D eigenvalue weighted by Gasteiger charge is -2.17. The van der Waals surface area contributed by atoms with Crippen LogP contribution in [0.3, 0.4) is 0 Å². The molecule has 0 aliphatic rings. The number of aliphatic hydroxyl groups is 1. The number of rotatable bonds is 4. The summed E-state index contributed by atoms with van der Waals surface area (Å²) in [6.45, 7) is 1.95. The molecule has 0 bridgehead atoms. The molecule has 0 saturated carbocycles. The van der Waals surface area contributed by atoms with Crippen molar-refractivity contribution in [2.24, 2.45) is 5.73 Å². The summed E-state index contributed by atoms with van der Waals surface area (Å²) in [4.78, 5) is 11.3. The van der Waals surface area contributed by atoms with Crippen molar-refractivity contribution in [3.05, 3.63) is 35.9 Å². The summed E-state index contributed by atoms with van der Waals surface area (Å²) in [5.41, 5.74) is 6.16. The van der Waals surface area contributed by atoms with E-state index in [0.29, 0.717) is 5.56 Å². The number of carbonyl (C=O) groups excluding carboxylic acids is 1. The Kier molecular flexibility index (Phi) is 4.27. The van der Waals surface area contributed by atoms with Crippen molar-refractivity contribution in [2.75, 3.05) is 6.61 Å². The highest BCUT2D eigenvalue weighted by molar-refractivity contribution is 5.76. The summed E-state index contributed by atoms with van der Waals surface area (Å²) in [5, 5.41) is 9.76. The summed E-state index contributed by atoms with van der Waals surface area (Å²) >= 11 is 0. The Labute approximate surface area is 88.7 Å². The van der Waals surface area contributed by atoms with Gasteiger partial charge < -0.3 is 15.6 Å². The van der Waals surface area contributed by atoms with E-state index in [2.05, 4.69) is 0 Å². The van der Waals surface area contributed by atoms with Crippen molar-refractivity contribution >= 4 is 5.97 Å². The zero-order chi connectivity index (χ0) is 11.3. The fraction of sp³-hybridized carbons (Fsp3) is 0.364. The number of carbonyl (C=O) groups is 1. The third-order valence-corrected chi connectivity index (χ3v) is 2.04. The number of hydrogen-bond acceptors (Lipinski definition) is 4. The van der Waals surface area contributed by atoms with E-state index in [-0.39, 0.29) is 6.61 Å². The molecule has 0 aliphatic heterocycles. The van der Waals surface area contributed by atoms with E-state index in [4.69, 9.17) is 10.5 Å². The third kappa shape index (κ3) is 3.04. The molecule has 0 saturated heterocycles. The minimum atomic E-state index is -1.03. The van der Waals surface area contributed by atoms with Crippen LogP contribution in [0.5, 0.6) is 0 Å². The van der Waals surface area contributed by atoms with Crippen molar-refractivity contribution in [1.29, 1.82) is 0 Å². The smallest absolute Gasteiger partial charge is 0.325 e. The van der Waals surface area contributed by atoms with Gasteiger partial charge in [0.05, 0.1) is 6.61 Å². The van der Waals surface area contributed by atoms with Crippen LogP contribution in [-0.2, 0) is 9.53 Å². The molecule has 3 N–H and O–H groups in total. The highest BCUT2D eigenvalue weighted by atomic mass is 16.5. The van der Waals surface area contributed by atoms with E-state index < -0.39 is 18.1 Å². The van der Waals surface area contributed by atoms with Gasteiger partial charge in [-0.25, -0.2) is 0 Å². The Hall–Kier alpha value is -1.39. The molecule has 0 spiro atoms. The molecule has 0 heterocycles. The highest BCUT2D eigenvalue weighted by Gasteiger charge is 2.24. The second kappa shape index (κ2) is 5.48. The monoisotopic (exact) mass is 209 g/mol. The third-order valence-electron chi connectivity index (χ3n) is 2.04. The zero-order valence-electron chi connectivity index (χ0n) is 8.59. The number of aliphatic hydroxyl groups excluding tert-OH is 1. The summed E-state index contributed by atoms with van der Waals surface area (Å²) in [6, 6.07) is 7.76. The first-order valence-electron chi connectivity index (χ1n) is 4.82.